The Hall–Kier alpha value is -1.97. The van der Waals surface area contributed by atoms with Crippen LogP contribution in [-0.4, -0.2) is 41.5 Å². The van der Waals surface area contributed by atoms with Gasteiger partial charge in [-0.05, 0) is 36.5 Å². The van der Waals surface area contributed by atoms with Crippen molar-refractivity contribution in [2.45, 2.75) is 31.3 Å². The molecule has 3 rings (SSSR count). The first-order chi connectivity index (χ1) is 13.2. The van der Waals surface area contributed by atoms with Gasteiger partial charge in [0.25, 0.3) is 15.9 Å². The summed E-state index contributed by atoms with van der Waals surface area (Å²) in [4.78, 5) is 12.6. The number of aromatic nitrogens is 2. The average molecular weight is 429 g/mol. The van der Waals surface area contributed by atoms with Crippen molar-refractivity contribution in [3.05, 3.63) is 46.4 Å². The van der Waals surface area contributed by atoms with E-state index in [2.05, 4.69) is 17.3 Å². The number of carbonyl (C=O) groups is 1. The molecule has 2 aromatic rings. The zero-order valence-corrected chi connectivity index (χ0v) is 17.2. The van der Waals surface area contributed by atoms with Crippen LogP contribution in [0.2, 0.25) is 5.02 Å². The Bertz CT molecular complexity index is 985. The number of carbonyl (C=O) groups excluding carboxylic acids is 1. The molecule has 28 heavy (non-hydrogen) atoms. The molecule has 10 heteroatoms. The summed E-state index contributed by atoms with van der Waals surface area (Å²) >= 11 is 5.74. The molecule has 152 valence electrons. The van der Waals surface area contributed by atoms with E-state index >= 15 is 0 Å². The van der Waals surface area contributed by atoms with E-state index in [4.69, 9.17) is 11.6 Å². The van der Waals surface area contributed by atoms with Gasteiger partial charge in [0, 0.05) is 32.9 Å². The van der Waals surface area contributed by atoms with Crippen molar-refractivity contribution in [3.8, 4) is 0 Å². The predicted octanol–water partition coefficient (Wildman–Crippen LogP) is 2.56. The second kappa shape index (κ2) is 8.18. The van der Waals surface area contributed by atoms with Crippen molar-refractivity contribution in [2.24, 2.45) is 13.0 Å². The number of benzene rings is 1. The van der Waals surface area contributed by atoms with Crippen molar-refractivity contribution in [1.82, 2.24) is 19.4 Å². The third-order valence-corrected chi connectivity index (χ3v) is 6.93. The van der Waals surface area contributed by atoms with Crippen LogP contribution in [0, 0.1) is 11.7 Å². The highest BCUT2D eigenvalue weighted by Gasteiger charge is 2.34. The van der Waals surface area contributed by atoms with E-state index in [1.807, 2.05) is 0 Å². The van der Waals surface area contributed by atoms with Gasteiger partial charge in [0.2, 0.25) is 5.03 Å². The number of rotatable bonds is 5. The normalized spacial score (nSPS) is 16.3. The van der Waals surface area contributed by atoms with Gasteiger partial charge >= 0.3 is 0 Å². The van der Waals surface area contributed by atoms with Gasteiger partial charge in [0.15, 0.2) is 0 Å². The van der Waals surface area contributed by atoms with E-state index in [9.17, 15) is 17.6 Å². The van der Waals surface area contributed by atoms with Gasteiger partial charge in [-0.3, -0.25) is 9.48 Å². The summed E-state index contributed by atoms with van der Waals surface area (Å²) in [5, 5.41) is 6.38. The minimum absolute atomic E-state index is 0.0191. The fraction of sp³-hybridized carbons (Fsp3) is 0.444. The van der Waals surface area contributed by atoms with Crippen LogP contribution in [0.4, 0.5) is 4.39 Å². The highest BCUT2D eigenvalue weighted by molar-refractivity contribution is 7.89. The molecule has 1 amide bonds. The lowest BCUT2D eigenvalue weighted by Gasteiger charge is -2.28. The molecular weight excluding hydrogens is 407 g/mol. The van der Waals surface area contributed by atoms with Gasteiger partial charge in [0.05, 0.1) is 10.6 Å². The molecule has 7 nitrogen and oxygen atoms in total. The number of hydrogen-bond acceptors (Lipinski definition) is 4. The monoisotopic (exact) mass is 428 g/mol. The fourth-order valence-corrected chi connectivity index (χ4v) is 4.88. The summed E-state index contributed by atoms with van der Waals surface area (Å²) in [6.07, 6.45) is 2.93. The minimum Gasteiger partial charge on any atom is -0.348 e. The van der Waals surface area contributed by atoms with Gasteiger partial charge in [-0.25, -0.2) is 12.8 Å². The highest BCUT2D eigenvalue weighted by Crippen LogP contribution is 2.25. The maximum absolute atomic E-state index is 13.2. The Balaban J connectivity index is 1.79. The lowest BCUT2D eigenvalue weighted by atomic mass is 10.0. The van der Waals surface area contributed by atoms with Crippen molar-refractivity contribution < 1.29 is 17.6 Å². The Kier molecular flexibility index (Phi) is 6.07. The largest absolute Gasteiger partial charge is 0.348 e. The van der Waals surface area contributed by atoms with Gasteiger partial charge in [-0.1, -0.05) is 24.6 Å². The zero-order chi connectivity index (χ0) is 20.5. The number of sulfonamides is 1. The molecule has 0 radical (unpaired) electrons. The Morgan fingerprint density at radius 3 is 2.68 bits per heavy atom. The summed E-state index contributed by atoms with van der Waals surface area (Å²) in [6, 6.07) is 4.12. The fourth-order valence-electron chi connectivity index (χ4n) is 3.09. The first kappa shape index (κ1) is 20.8. The van der Waals surface area contributed by atoms with E-state index in [-0.39, 0.29) is 22.2 Å². The molecule has 1 aromatic heterocycles. The number of aryl methyl sites for hydroxylation is 1. The highest BCUT2D eigenvalue weighted by atomic mass is 35.5. The topological polar surface area (TPSA) is 84.3 Å². The van der Waals surface area contributed by atoms with Crippen LogP contribution >= 0.6 is 11.6 Å². The second-order valence-corrected chi connectivity index (χ2v) is 9.30. The van der Waals surface area contributed by atoms with Crippen LogP contribution in [-0.2, 0) is 23.6 Å². The van der Waals surface area contributed by atoms with Crippen LogP contribution in [0.5, 0.6) is 0 Å². The molecule has 0 atom stereocenters. The van der Waals surface area contributed by atoms with Crippen molar-refractivity contribution in [1.29, 1.82) is 0 Å². The first-order valence-corrected chi connectivity index (χ1v) is 10.8. The second-order valence-electron chi connectivity index (χ2n) is 7.04. The number of nitrogens with zero attached hydrogens (tertiary/aromatic N) is 3. The maximum atomic E-state index is 13.2. The quantitative estimate of drug-likeness (QED) is 0.793. The lowest BCUT2D eigenvalue weighted by Crippen LogP contribution is -2.39. The minimum atomic E-state index is -3.87. The summed E-state index contributed by atoms with van der Waals surface area (Å²) in [5.74, 6) is -0.647. The molecule has 0 spiro atoms. The standard InChI is InChI=1S/C18H22ClFN4O3S/c1-12-5-7-24(8-6-12)28(26,27)18-14(11-23(2)22-18)17(25)21-10-13-3-4-16(20)15(19)9-13/h3-4,9,11-12H,5-8,10H2,1-2H3,(H,21,25). The number of nitrogens with one attached hydrogen (secondary N) is 1. The summed E-state index contributed by atoms with van der Waals surface area (Å²) < 4.78 is 41.9. The Morgan fingerprint density at radius 2 is 2.04 bits per heavy atom. The number of halogens is 2. The molecule has 1 aromatic carbocycles. The third kappa shape index (κ3) is 4.37. The van der Waals surface area contributed by atoms with Crippen LogP contribution in [0.3, 0.4) is 0 Å². The van der Waals surface area contributed by atoms with Crippen LogP contribution in [0.15, 0.2) is 29.4 Å². The van der Waals surface area contributed by atoms with E-state index in [0.717, 1.165) is 12.8 Å². The van der Waals surface area contributed by atoms with Crippen LogP contribution < -0.4 is 5.32 Å². The SMILES string of the molecule is CC1CCN(S(=O)(=O)c2nn(C)cc2C(=O)NCc2ccc(F)c(Cl)c2)CC1. The molecule has 1 N–H and O–H groups in total. The van der Waals surface area contributed by atoms with Gasteiger partial charge in [0.1, 0.15) is 5.82 Å². The molecule has 1 aliphatic rings. The number of hydrogen-bond donors (Lipinski definition) is 1. The van der Waals surface area contributed by atoms with Crippen LogP contribution in [0.25, 0.3) is 0 Å². The molecule has 1 saturated heterocycles. The zero-order valence-electron chi connectivity index (χ0n) is 15.7. The Morgan fingerprint density at radius 1 is 1.36 bits per heavy atom. The molecule has 0 saturated carbocycles. The van der Waals surface area contributed by atoms with Gasteiger partial charge in [-0.2, -0.15) is 9.40 Å². The summed E-state index contributed by atoms with van der Waals surface area (Å²) in [7, 11) is -2.30. The summed E-state index contributed by atoms with van der Waals surface area (Å²) in [6.45, 7) is 2.99. The summed E-state index contributed by atoms with van der Waals surface area (Å²) in [5.41, 5.74) is 0.576. The van der Waals surface area contributed by atoms with E-state index < -0.39 is 21.7 Å². The maximum Gasteiger partial charge on any atom is 0.263 e. The molecule has 2 heterocycles. The molecule has 0 bridgehead atoms. The number of piperidine rings is 1. The van der Waals surface area contributed by atoms with Crippen molar-refractivity contribution in [2.75, 3.05) is 13.1 Å². The first-order valence-electron chi connectivity index (χ1n) is 8.94. The van der Waals surface area contributed by atoms with E-state index in [1.54, 1.807) is 7.05 Å². The molecule has 0 aliphatic carbocycles. The van der Waals surface area contributed by atoms with E-state index in [0.29, 0.717) is 24.6 Å². The molecule has 1 aliphatic heterocycles. The van der Waals surface area contributed by atoms with Gasteiger partial charge in [-0.15, -0.1) is 0 Å². The number of amides is 1. The lowest BCUT2D eigenvalue weighted by molar-refractivity contribution is 0.0947. The third-order valence-electron chi connectivity index (χ3n) is 4.80. The van der Waals surface area contributed by atoms with Crippen LogP contribution in [0.1, 0.15) is 35.7 Å². The average Bonchev–Trinajstić information content (AvgIpc) is 3.05. The van der Waals surface area contributed by atoms with Gasteiger partial charge < -0.3 is 5.32 Å². The Labute approximate surface area is 168 Å². The van der Waals surface area contributed by atoms with E-state index in [1.165, 1.54) is 33.4 Å². The van der Waals surface area contributed by atoms with Crippen molar-refractivity contribution >= 4 is 27.5 Å². The smallest absolute Gasteiger partial charge is 0.263 e. The molecule has 1 fully saturated rings. The molecular formula is C18H22ClFN4O3S. The van der Waals surface area contributed by atoms with Crippen molar-refractivity contribution in [3.63, 3.8) is 0 Å². The predicted molar refractivity (Wildman–Crippen MR) is 103 cm³/mol. The molecule has 0 unspecified atom stereocenters.